The van der Waals surface area contributed by atoms with Gasteiger partial charge in [-0.3, -0.25) is 0 Å². The van der Waals surface area contributed by atoms with Crippen molar-refractivity contribution >= 4 is 17.8 Å². The van der Waals surface area contributed by atoms with Crippen LogP contribution < -0.4 is 10.2 Å². The van der Waals surface area contributed by atoms with E-state index in [0.717, 1.165) is 5.56 Å². The van der Waals surface area contributed by atoms with Crippen molar-refractivity contribution in [3.8, 4) is 0 Å². The summed E-state index contributed by atoms with van der Waals surface area (Å²) in [7, 11) is 0. The van der Waals surface area contributed by atoms with Gasteiger partial charge in [0.05, 0.1) is 18.2 Å². The SMILES string of the molecule is CCOC(=O)C1=C(C)N(c2cc(C)on2)C(=O)N[C@H]1c1ccccc1. The van der Waals surface area contributed by atoms with Gasteiger partial charge in [0.1, 0.15) is 5.76 Å². The van der Waals surface area contributed by atoms with Crippen molar-refractivity contribution < 1.29 is 18.8 Å². The normalized spacial score (nSPS) is 17.5. The molecular formula is C18H19N3O4. The Balaban J connectivity index is 2.11. The molecule has 0 fully saturated rings. The first-order valence-electron chi connectivity index (χ1n) is 7.99. The van der Waals surface area contributed by atoms with Crippen molar-refractivity contribution in [2.75, 3.05) is 11.5 Å². The van der Waals surface area contributed by atoms with Crippen molar-refractivity contribution in [2.45, 2.75) is 26.8 Å². The minimum atomic E-state index is -0.586. The van der Waals surface area contributed by atoms with E-state index in [-0.39, 0.29) is 12.6 Å². The summed E-state index contributed by atoms with van der Waals surface area (Å²) < 4.78 is 10.3. The Kier molecular flexibility index (Phi) is 4.56. The van der Waals surface area contributed by atoms with E-state index < -0.39 is 12.0 Å². The number of allylic oxidation sites excluding steroid dienone is 1. The molecule has 7 nitrogen and oxygen atoms in total. The highest BCUT2D eigenvalue weighted by Gasteiger charge is 2.38. The second-order valence-corrected chi connectivity index (χ2v) is 5.64. The highest BCUT2D eigenvalue weighted by molar-refractivity contribution is 6.02. The van der Waals surface area contributed by atoms with Crippen molar-refractivity contribution in [1.82, 2.24) is 10.5 Å². The van der Waals surface area contributed by atoms with Crippen molar-refractivity contribution in [3.05, 3.63) is 59.0 Å². The Labute approximate surface area is 145 Å². The molecule has 0 unspecified atom stereocenters. The van der Waals surface area contributed by atoms with Crippen LogP contribution in [0.4, 0.5) is 10.6 Å². The molecule has 3 rings (SSSR count). The van der Waals surface area contributed by atoms with Gasteiger partial charge in [-0.1, -0.05) is 35.5 Å². The van der Waals surface area contributed by atoms with Crippen LogP contribution in [0.25, 0.3) is 0 Å². The van der Waals surface area contributed by atoms with Crippen molar-refractivity contribution in [3.63, 3.8) is 0 Å². The third kappa shape index (κ3) is 3.13. The molecule has 0 radical (unpaired) electrons. The minimum absolute atomic E-state index is 0.244. The molecule has 0 saturated heterocycles. The predicted molar refractivity (Wildman–Crippen MR) is 90.8 cm³/mol. The first-order valence-corrected chi connectivity index (χ1v) is 7.99. The number of ether oxygens (including phenoxy) is 1. The minimum Gasteiger partial charge on any atom is -0.463 e. The van der Waals surface area contributed by atoms with Gasteiger partial charge in [0.15, 0.2) is 5.82 Å². The lowest BCUT2D eigenvalue weighted by Crippen LogP contribution is -2.48. The van der Waals surface area contributed by atoms with Crippen LogP contribution in [-0.4, -0.2) is 23.8 Å². The van der Waals surface area contributed by atoms with Crippen LogP contribution >= 0.6 is 0 Å². The Bertz CT molecular complexity index is 826. The van der Waals surface area contributed by atoms with E-state index in [9.17, 15) is 9.59 Å². The number of nitrogens with one attached hydrogen (secondary N) is 1. The lowest BCUT2D eigenvalue weighted by Gasteiger charge is -2.33. The Hall–Kier alpha value is -3.09. The number of aromatic nitrogens is 1. The van der Waals surface area contributed by atoms with Crippen LogP contribution in [-0.2, 0) is 9.53 Å². The molecule has 1 aromatic heterocycles. The number of carbonyl (C=O) groups excluding carboxylic acids is 2. The summed E-state index contributed by atoms with van der Waals surface area (Å²) in [6.07, 6.45) is 0. The first-order chi connectivity index (χ1) is 12.0. The number of rotatable bonds is 4. The number of aryl methyl sites for hydroxylation is 1. The standard InChI is InChI=1S/C18H19N3O4/c1-4-24-17(22)15-12(3)21(14-10-11(2)25-20-14)18(23)19-16(15)13-8-6-5-7-9-13/h5-10,16H,4H2,1-3H3,(H,19,23)/t16-/m0/s1. The average molecular weight is 341 g/mol. The highest BCUT2D eigenvalue weighted by Crippen LogP contribution is 2.33. The van der Waals surface area contributed by atoms with Crippen LogP contribution in [0.1, 0.15) is 31.2 Å². The molecule has 2 aromatic rings. The molecule has 1 aromatic carbocycles. The number of anilines is 1. The zero-order chi connectivity index (χ0) is 18.0. The number of urea groups is 1. The third-order valence-corrected chi connectivity index (χ3v) is 3.96. The fourth-order valence-corrected chi connectivity index (χ4v) is 2.85. The molecular weight excluding hydrogens is 322 g/mol. The van der Waals surface area contributed by atoms with Gasteiger partial charge in [-0.2, -0.15) is 0 Å². The molecule has 1 aliphatic rings. The van der Waals surface area contributed by atoms with E-state index in [2.05, 4.69) is 10.5 Å². The Morgan fingerprint density at radius 3 is 2.64 bits per heavy atom. The lowest BCUT2D eigenvalue weighted by molar-refractivity contribution is -0.139. The number of amides is 2. The largest absolute Gasteiger partial charge is 0.463 e. The smallest absolute Gasteiger partial charge is 0.338 e. The fourth-order valence-electron chi connectivity index (χ4n) is 2.85. The van der Waals surface area contributed by atoms with Crippen LogP contribution in [0.2, 0.25) is 0 Å². The Morgan fingerprint density at radius 2 is 2.04 bits per heavy atom. The summed E-state index contributed by atoms with van der Waals surface area (Å²) in [4.78, 5) is 26.6. The molecule has 0 aliphatic carbocycles. The lowest BCUT2D eigenvalue weighted by atomic mass is 9.95. The van der Waals surface area contributed by atoms with Crippen LogP contribution in [0, 0.1) is 6.92 Å². The molecule has 1 atom stereocenters. The predicted octanol–water partition coefficient (Wildman–Crippen LogP) is 3.09. The van der Waals surface area contributed by atoms with E-state index >= 15 is 0 Å². The fraction of sp³-hybridized carbons (Fsp3) is 0.278. The van der Waals surface area contributed by atoms with Gasteiger partial charge in [0, 0.05) is 11.8 Å². The maximum atomic E-state index is 12.7. The summed E-state index contributed by atoms with van der Waals surface area (Å²) in [6, 6.07) is 9.96. The van der Waals surface area contributed by atoms with Gasteiger partial charge >= 0.3 is 12.0 Å². The maximum absolute atomic E-state index is 12.7. The van der Waals surface area contributed by atoms with E-state index in [0.29, 0.717) is 22.8 Å². The number of benzene rings is 1. The molecule has 2 heterocycles. The summed E-state index contributed by atoms with van der Waals surface area (Å²) in [5.41, 5.74) is 1.63. The molecule has 0 saturated carbocycles. The first kappa shape index (κ1) is 16.8. The zero-order valence-electron chi connectivity index (χ0n) is 14.3. The number of esters is 1. The van der Waals surface area contributed by atoms with E-state index in [1.165, 1.54) is 4.90 Å². The number of hydrogen-bond acceptors (Lipinski definition) is 5. The van der Waals surface area contributed by atoms with E-state index in [1.807, 2.05) is 30.3 Å². The molecule has 25 heavy (non-hydrogen) atoms. The van der Waals surface area contributed by atoms with E-state index in [4.69, 9.17) is 9.26 Å². The highest BCUT2D eigenvalue weighted by atomic mass is 16.5. The van der Waals surface area contributed by atoms with Crippen molar-refractivity contribution in [1.29, 1.82) is 0 Å². The summed E-state index contributed by atoms with van der Waals surface area (Å²) in [6.45, 7) is 5.42. The van der Waals surface area contributed by atoms with Gasteiger partial charge in [-0.15, -0.1) is 0 Å². The molecule has 130 valence electrons. The number of carbonyl (C=O) groups is 2. The molecule has 0 spiro atoms. The van der Waals surface area contributed by atoms with Crippen LogP contribution in [0.15, 0.2) is 52.2 Å². The molecule has 1 aliphatic heterocycles. The summed E-state index contributed by atoms with van der Waals surface area (Å²) in [5.74, 6) is 0.415. The number of hydrogen-bond donors (Lipinski definition) is 1. The van der Waals surface area contributed by atoms with Crippen LogP contribution in [0.5, 0.6) is 0 Å². The van der Waals surface area contributed by atoms with Crippen LogP contribution in [0.3, 0.4) is 0 Å². The zero-order valence-corrected chi connectivity index (χ0v) is 14.3. The average Bonchev–Trinajstić information content (AvgIpc) is 3.01. The quantitative estimate of drug-likeness (QED) is 0.864. The van der Waals surface area contributed by atoms with Gasteiger partial charge < -0.3 is 14.6 Å². The molecule has 1 N–H and O–H groups in total. The second kappa shape index (κ2) is 6.80. The molecule has 0 bridgehead atoms. The third-order valence-electron chi connectivity index (χ3n) is 3.96. The van der Waals surface area contributed by atoms with Gasteiger partial charge in [0.2, 0.25) is 0 Å². The van der Waals surface area contributed by atoms with E-state index in [1.54, 1.807) is 26.8 Å². The van der Waals surface area contributed by atoms with Gasteiger partial charge in [0.25, 0.3) is 0 Å². The van der Waals surface area contributed by atoms with Gasteiger partial charge in [-0.05, 0) is 26.3 Å². The Morgan fingerprint density at radius 1 is 1.32 bits per heavy atom. The monoisotopic (exact) mass is 341 g/mol. The number of nitrogens with zero attached hydrogens (tertiary/aromatic N) is 2. The summed E-state index contributed by atoms with van der Waals surface area (Å²) >= 11 is 0. The molecule has 2 amide bonds. The summed E-state index contributed by atoms with van der Waals surface area (Å²) in [5, 5.41) is 6.74. The maximum Gasteiger partial charge on any atom is 0.338 e. The van der Waals surface area contributed by atoms with Gasteiger partial charge in [-0.25, -0.2) is 14.5 Å². The topological polar surface area (TPSA) is 84.7 Å². The van der Waals surface area contributed by atoms with Crippen molar-refractivity contribution in [2.24, 2.45) is 0 Å². The molecule has 7 heteroatoms. The second-order valence-electron chi connectivity index (χ2n) is 5.64.